The van der Waals surface area contributed by atoms with E-state index in [0.717, 1.165) is 28.7 Å². The average molecular weight is 493 g/mol. The van der Waals surface area contributed by atoms with E-state index >= 15 is 0 Å². The molecule has 0 aromatic heterocycles. The Kier molecular flexibility index (Phi) is 9.65. The van der Waals surface area contributed by atoms with Crippen LogP contribution in [0.15, 0.2) is 47.4 Å². The fraction of sp³-hybridized carbons (Fsp3) is 0.182. The van der Waals surface area contributed by atoms with Gasteiger partial charge in [-0.05, 0) is 55.3 Å². The highest BCUT2D eigenvalue weighted by atomic mass is 32.2. The molecule has 0 fully saturated rings. The van der Waals surface area contributed by atoms with Crippen molar-refractivity contribution >= 4 is 44.2 Å². The molecule has 0 bridgehead atoms. The summed E-state index contributed by atoms with van der Waals surface area (Å²) < 4.78 is 40.3. The van der Waals surface area contributed by atoms with Crippen molar-refractivity contribution in [2.75, 3.05) is 48.6 Å². The van der Waals surface area contributed by atoms with Gasteiger partial charge in [-0.25, -0.2) is 0 Å². The van der Waals surface area contributed by atoms with Crippen molar-refractivity contribution in [3.8, 4) is 11.5 Å². The summed E-state index contributed by atoms with van der Waals surface area (Å²) in [6.45, 7) is 3.99. The highest BCUT2D eigenvalue weighted by Crippen LogP contribution is 2.34. The van der Waals surface area contributed by atoms with Crippen LogP contribution in [0.4, 0.5) is 34.1 Å². The third-order valence-corrected chi connectivity index (χ3v) is 5.39. The van der Waals surface area contributed by atoms with Gasteiger partial charge < -0.3 is 43.9 Å². The van der Waals surface area contributed by atoms with E-state index in [9.17, 15) is 8.42 Å². The first-order valence-corrected chi connectivity index (χ1v) is 11.2. The minimum atomic E-state index is -4.44. The van der Waals surface area contributed by atoms with E-state index in [1.807, 2.05) is 50.2 Å². The highest BCUT2D eigenvalue weighted by molar-refractivity contribution is 7.86. The first-order valence-electron chi connectivity index (χ1n) is 9.73. The molecule has 0 aliphatic heterocycles. The summed E-state index contributed by atoms with van der Waals surface area (Å²) in [6.07, 6.45) is 0. The van der Waals surface area contributed by atoms with Gasteiger partial charge in [-0.2, -0.15) is 8.42 Å². The number of rotatable bonds is 3. The van der Waals surface area contributed by atoms with Gasteiger partial charge in [0.15, 0.2) is 0 Å². The van der Waals surface area contributed by atoms with E-state index < -0.39 is 15.0 Å². The van der Waals surface area contributed by atoms with Gasteiger partial charge in [0.2, 0.25) is 0 Å². The molecule has 0 saturated carbocycles. The molecule has 0 amide bonds. The number of hydrogen-bond acceptors (Lipinski definition) is 10. The first-order chi connectivity index (χ1) is 15.7. The zero-order valence-electron chi connectivity index (χ0n) is 19.5. The van der Waals surface area contributed by atoms with Crippen LogP contribution in [0.2, 0.25) is 0 Å². The lowest BCUT2D eigenvalue weighted by molar-refractivity contribution is 0.417. The molecule has 0 aliphatic carbocycles. The van der Waals surface area contributed by atoms with E-state index in [1.165, 1.54) is 0 Å². The average Bonchev–Trinajstić information content (AvgIpc) is 2.75. The Bertz CT molecular complexity index is 1200. The molecule has 34 heavy (non-hydrogen) atoms. The van der Waals surface area contributed by atoms with Gasteiger partial charge in [0.25, 0.3) is 10.1 Å². The number of anilines is 6. The van der Waals surface area contributed by atoms with Crippen LogP contribution in [-0.2, 0) is 10.1 Å². The molecule has 0 radical (unpaired) electrons. The van der Waals surface area contributed by atoms with Crippen LogP contribution in [0, 0.1) is 13.8 Å². The van der Waals surface area contributed by atoms with E-state index in [2.05, 4.69) is 0 Å². The van der Waals surface area contributed by atoms with Crippen molar-refractivity contribution < 1.29 is 22.4 Å². The summed E-state index contributed by atoms with van der Waals surface area (Å²) in [4.78, 5) is -0.540. The fourth-order valence-corrected chi connectivity index (χ4v) is 3.31. The summed E-state index contributed by atoms with van der Waals surface area (Å²) in [5, 5.41) is 0. The summed E-state index contributed by atoms with van der Waals surface area (Å²) >= 11 is 0. The van der Waals surface area contributed by atoms with Crippen LogP contribution in [0.1, 0.15) is 11.1 Å². The van der Waals surface area contributed by atoms with E-state index in [1.54, 1.807) is 14.2 Å². The molecule has 3 aromatic carbocycles. The molecule has 0 unspecified atom stereocenters. The third kappa shape index (κ3) is 7.53. The molecule has 11 nitrogen and oxygen atoms in total. The summed E-state index contributed by atoms with van der Waals surface area (Å²) in [7, 11) is -1.21. The molecule has 13 N–H and O–H groups in total. The number of nitrogens with two attached hydrogens (primary N) is 6. The second kappa shape index (κ2) is 11.7. The Balaban J connectivity index is 0.000000261. The van der Waals surface area contributed by atoms with Gasteiger partial charge in [0.1, 0.15) is 16.4 Å². The highest BCUT2D eigenvalue weighted by Gasteiger charge is 2.19. The van der Waals surface area contributed by atoms with Crippen LogP contribution in [0.25, 0.3) is 0 Å². The monoisotopic (exact) mass is 492 g/mol. The Morgan fingerprint density at radius 3 is 1.38 bits per heavy atom. The second-order valence-corrected chi connectivity index (χ2v) is 8.56. The number of ether oxygens (including phenoxy) is 2. The molecular weight excluding hydrogens is 460 g/mol. The molecule has 3 aromatic rings. The summed E-state index contributed by atoms with van der Waals surface area (Å²) in [5.41, 5.74) is 35.8. The summed E-state index contributed by atoms with van der Waals surface area (Å²) in [6, 6.07) is 12.4. The van der Waals surface area contributed by atoms with Crippen molar-refractivity contribution in [3.63, 3.8) is 0 Å². The van der Waals surface area contributed by atoms with Gasteiger partial charge in [0.05, 0.1) is 48.3 Å². The van der Waals surface area contributed by atoms with Crippen LogP contribution >= 0.6 is 0 Å². The van der Waals surface area contributed by atoms with Crippen molar-refractivity contribution in [1.82, 2.24) is 0 Å². The van der Waals surface area contributed by atoms with Crippen molar-refractivity contribution in [3.05, 3.63) is 53.6 Å². The van der Waals surface area contributed by atoms with Gasteiger partial charge in [-0.15, -0.1) is 0 Å². The lowest BCUT2D eigenvalue weighted by Crippen LogP contribution is -2.10. The van der Waals surface area contributed by atoms with Crippen LogP contribution < -0.4 is 43.9 Å². The third-order valence-electron chi connectivity index (χ3n) is 4.49. The molecule has 0 aliphatic rings. The first kappa shape index (κ1) is 28.0. The van der Waals surface area contributed by atoms with Crippen molar-refractivity contribution in [2.45, 2.75) is 18.7 Å². The van der Waals surface area contributed by atoms with Crippen LogP contribution in [0.3, 0.4) is 0 Å². The smallest absolute Gasteiger partial charge is 0.296 e. The van der Waals surface area contributed by atoms with E-state index in [4.69, 9.17) is 48.4 Å². The predicted octanol–water partition coefficient (Wildman–Crippen LogP) is 2.43. The van der Waals surface area contributed by atoms with Gasteiger partial charge >= 0.3 is 0 Å². The summed E-state index contributed by atoms with van der Waals surface area (Å²) in [5.74, 6) is 1.48. The normalized spacial score (nSPS) is 10.3. The quantitative estimate of drug-likeness (QED) is 0.207. The lowest BCUT2D eigenvalue weighted by Gasteiger charge is -2.10. The number of hydrogen-bond donors (Lipinski definition) is 7. The predicted molar refractivity (Wildman–Crippen MR) is 138 cm³/mol. The van der Waals surface area contributed by atoms with Crippen molar-refractivity contribution in [1.29, 1.82) is 0 Å². The zero-order chi connectivity index (χ0) is 26.2. The molecule has 0 atom stereocenters. The Labute approximate surface area is 199 Å². The topological polar surface area (TPSA) is 229 Å². The van der Waals surface area contributed by atoms with E-state index in [0.29, 0.717) is 11.4 Å². The van der Waals surface area contributed by atoms with Crippen LogP contribution in [0.5, 0.6) is 11.5 Å². The lowest BCUT2D eigenvalue weighted by atomic mass is 10.2. The molecule has 0 spiro atoms. The van der Waals surface area contributed by atoms with Crippen molar-refractivity contribution in [2.24, 2.45) is 0 Å². The largest absolute Gasteiger partial charge is 0.495 e. The molecule has 3 rings (SSSR count). The van der Waals surface area contributed by atoms with Gasteiger partial charge in [-0.3, -0.25) is 4.55 Å². The molecular formula is C22H32N6O5S. The molecule has 186 valence electrons. The zero-order valence-corrected chi connectivity index (χ0v) is 20.3. The number of nitrogen functional groups attached to an aromatic ring is 6. The number of aryl methyl sites for hydroxylation is 2. The molecule has 12 heteroatoms. The standard InChI is InChI=1S/2C8H11NO.C6H10N4O3S/c2*1-6-3-4-8(10-2)7(9)5-6;7-2-1-3(14(11,12)13)5(9)6(10)4(2)8/h2*3-5H,9H2,1-2H3;1H,7-10H2,(H,11,12,13). The molecule has 0 saturated heterocycles. The minimum absolute atomic E-state index is 0.00472. The maximum Gasteiger partial charge on any atom is 0.296 e. The Hall–Kier alpha value is -4.03. The number of benzene rings is 3. The maximum atomic E-state index is 10.8. The van der Waals surface area contributed by atoms with Gasteiger partial charge in [0, 0.05) is 0 Å². The maximum absolute atomic E-state index is 10.8. The van der Waals surface area contributed by atoms with Gasteiger partial charge in [-0.1, -0.05) is 12.1 Å². The minimum Gasteiger partial charge on any atom is -0.495 e. The SMILES string of the molecule is COc1ccc(C)cc1N.COc1ccc(C)cc1N.Nc1cc(S(=O)(=O)O)c(N)c(N)c1N. The van der Waals surface area contributed by atoms with Crippen LogP contribution in [-0.4, -0.2) is 27.2 Å². The fourth-order valence-electron chi connectivity index (χ4n) is 2.65. The molecule has 0 heterocycles. The Morgan fingerprint density at radius 1 is 0.647 bits per heavy atom. The Morgan fingerprint density at radius 2 is 1.06 bits per heavy atom. The number of methoxy groups -OCH3 is 2. The second-order valence-electron chi connectivity index (χ2n) is 7.17. The van der Waals surface area contributed by atoms with E-state index in [-0.39, 0.29) is 22.7 Å².